The van der Waals surface area contributed by atoms with Gasteiger partial charge in [-0.25, -0.2) is 27.8 Å². The molecule has 144 valence electrons. The Balaban J connectivity index is 1.45. The number of nitrogens with one attached hydrogen (secondary N) is 2. The molecule has 0 aliphatic carbocycles. The highest BCUT2D eigenvalue weighted by atomic mass is 32.2. The van der Waals surface area contributed by atoms with E-state index in [0.717, 1.165) is 11.0 Å². The van der Waals surface area contributed by atoms with Crippen LogP contribution in [0.5, 0.6) is 0 Å². The quantitative estimate of drug-likeness (QED) is 0.595. The molecule has 0 atom stereocenters. The van der Waals surface area contributed by atoms with Gasteiger partial charge in [0, 0.05) is 18.4 Å². The minimum atomic E-state index is -3.62. The molecule has 0 aliphatic rings. The third kappa shape index (κ3) is 5.83. The molecule has 2 N–H and O–H groups in total. The van der Waals surface area contributed by atoms with Crippen molar-refractivity contribution in [2.45, 2.75) is 6.42 Å². The molecule has 0 spiro atoms. The maximum atomic E-state index is 12.0. The standard InChI is InChI=1S/C18H18N6O3S/c25-18(23-16-6-7-17(20-12-16)24-14-19-13-21-24)8-10-22-28(26,27)11-9-15-4-2-1-3-5-15/h1-7,9,11-14,22H,8,10H2,(H,23,25)/b11-9+. The fourth-order valence-electron chi connectivity index (χ4n) is 2.23. The second-order valence-corrected chi connectivity index (χ2v) is 7.35. The monoisotopic (exact) mass is 398 g/mol. The second kappa shape index (κ2) is 9.02. The van der Waals surface area contributed by atoms with Crippen LogP contribution in [0.1, 0.15) is 12.0 Å². The van der Waals surface area contributed by atoms with Crippen LogP contribution in [0.3, 0.4) is 0 Å². The Bertz CT molecular complexity index is 1030. The predicted octanol–water partition coefficient (Wildman–Crippen LogP) is 1.58. The van der Waals surface area contributed by atoms with Gasteiger partial charge in [-0.2, -0.15) is 5.10 Å². The van der Waals surface area contributed by atoms with E-state index >= 15 is 0 Å². The van der Waals surface area contributed by atoms with Gasteiger partial charge in [0.25, 0.3) is 0 Å². The van der Waals surface area contributed by atoms with Gasteiger partial charge in [0.15, 0.2) is 5.82 Å². The average Bonchev–Trinajstić information content (AvgIpc) is 3.23. The second-order valence-electron chi connectivity index (χ2n) is 5.70. The van der Waals surface area contributed by atoms with Gasteiger partial charge >= 0.3 is 0 Å². The van der Waals surface area contributed by atoms with Crippen LogP contribution in [0.15, 0.2) is 66.7 Å². The number of pyridine rings is 1. The SMILES string of the molecule is O=C(CCNS(=O)(=O)/C=C/c1ccccc1)Nc1ccc(-n2cncn2)nc1. The van der Waals surface area contributed by atoms with Crippen LogP contribution < -0.4 is 10.0 Å². The Kier molecular flexibility index (Phi) is 6.25. The molecule has 0 aliphatic heterocycles. The molecule has 10 heteroatoms. The third-order valence-electron chi connectivity index (χ3n) is 3.58. The number of amides is 1. The molecular weight excluding hydrogens is 380 g/mol. The zero-order valence-corrected chi connectivity index (χ0v) is 15.6. The molecule has 0 saturated heterocycles. The molecule has 0 bridgehead atoms. The van der Waals surface area contributed by atoms with E-state index in [9.17, 15) is 13.2 Å². The molecule has 3 aromatic rings. The van der Waals surface area contributed by atoms with Crippen molar-refractivity contribution in [3.63, 3.8) is 0 Å². The van der Waals surface area contributed by atoms with Crippen molar-refractivity contribution in [1.82, 2.24) is 24.5 Å². The zero-order valence-electron chi connectivity index (χ0n) is 14.8. The molecule has 3 rings (SSSR count). The first-order chi connectivity index (χ1) is 13.5. The third-order valence-corrected chi connectivity index (χ3v) is 4.68. The number of carbonyl (C=O) groups is 1. The van der Waals surface area contributed by atoms with E-state index < -0.39 is 10.0 Å². The fraction of sp³-hybridized carbons (Fsp3) is 0.111. The molecule has 0 fully saturated rings. The Hall–Kier alpha value is -3.37. The lowest BCUT2D eigenvalue weighted by atomic mass is 10.2. The molecule has 0 radical (unpaired) electrons. The van der Waals surface area contributed by atoms with E-state index in [0.29, 0.717) is 11.5 Å². The summed E-state index contributed by atoms with van der Waals surface area (Å²) in [7, 11) is -3.62. The summed E-state index contributed by atoms with van der Waals surface area (Å²) in [6, 6.07) is 12.4. The van der Waals surface area contributed by atoms with E-state index in [1.54, 1.807) is 24.3 Å². The minimum absolute atomic E-state index is 0.0107. The number of sulfonamides is 1. The van der Waals surface area contributed by atoms with Crippen LogP contribution in [-0.2, 0) is 14.8 Å². The van der Waals surface area contributed by atoms with Crippen molar-refractivity contribution in [3.05, 3.63) is 72.3 Å². The van der Waals surface area contributed by atoms with Gasteiger partial charge < -0.3 is 5.32 Å². The van der Waals surface area contributed by atoms with Crippen molar-refractivity contribution in [3.8, 4) is 5.82 Å². The number of anilines is 1. The van der Waals surface area contributed by atoms with E-state index in [-0.39, 0.29) is 18.9 Å². The summed E-state index contributed by atoms with van der Waals surface area (Å²) in [5, 5.41) is 7.70. The minimum Gasteiger partial charge on any atom is -0.325 e. The smallest absolute Gasteiger partial charge is 0.233 e. The summed E-state index contributed by atoms with van der Waals surface area (Å²) in [5.41, 5.74) is 1.27. The Morgan fingerprint density at radius 3 is 2.64 bits per heavy atom. The number of rotatable bonds is 8. The van der Waals surface area contributed by atoms with Crippen LogP contribution in [0.25, 0.3) is 11.9 Å². The lowest BCUT2D eigenvalue weighted by Crippen LogP contribution is -2.26. The first-order valence-electron chi connectivity index (χ1n) is 8.35. The van der Waals surface area contributed by atoms with E-state index in [4.69, 9.17) is 0 Å². The molecule has 28 heavy (non-hydrogen) atoms. The summed E-state index contributed by atoms with van der Waals surface area (Å²) in [5.74, 6) is 0.235. The first kappa shape index (κ1) is 19.4. The van der Waals surface area contributed by atoms with Crippen molar-refractivity contribution in [2.24, 2.45) is 0 Å². The molecule has 2 heterocycles. The van der Waals surface area contributed by atoms with Gasteiger partial charge in [-0.1, -0.05) is 30.3 Å². The summed E-state index contributed by atoms with van der Waals surface area (Å²) >= 11 is 0. The summed E-state index contributed by atoms with van der Waals surface area (Å²) in [6.45, 7) is -0.0161. The van der Waals surface area contributed by atoms with Gasteiger partial charge in [0.2, 0.25) is 15.9 Å². The van der Waals surface area contributed by atoms with Gasteiger partial charge in [-0.05, 0) is 23.8 Å². The molecule has 0 saturated carbocycles. The highest BCUT2D eigenvalue weighted by molar-refractivity contribution is 7.92. The van der Waals surface area contributed by atoms with Crippen molar-refractivity contribution >= 4 is 27.7 Å². The molecule has 9 nitrogen and oxygen atoms in total. The van der Waals surface area contributed by atoms with Crippen LogP contribution >= 0.6 is 0 Å². The van der Waals surface area contributed by atoms with Crippen molar-refractivity contribution < 1.29 is 13.2 Å². The van der Waals surface area contributed by atoms with Gasteiger partial charge in [-0.3, -0.25) is 4.79 Å². The summed E-state index contributed by atoms with van der Waals surface area (Å²) in [4.78, 5) is 20.0. The maximum Gasteiger partial charge on any atom is 0.233 e. The molecule has 1 aromatic carbocycles. The van der Waals surface area contributed by atoms with Crippen LogP contribution in [0.2, 0.25) is 0 Å². The van der Waals surface area contributed by atoms with E-state index in [2.05, 4.69) is 25.1 Å². The number of carbonyl (C=O) groups excluding carboxylic acids is 1. The number of hydrogen-bond donors (Lipinski definition) is 2. The Morgan fingerprint density at radius 2 is 1.96 bits per heavy atom. The van der Waals surface area contributed by atoms with Gasteiger partial charge in [0.1, 0.15) is 12.7 Å². The van der Waals surface area contributed by atoms with E-state index in [1.165, 1.54) is 29.6 Å². The average molecular weight is 398 g/mol. The number of aromatic nitrogens is 4. The van der Waals surface area contributed by atoms with E-state index in [1.807, 2.05) is 18.2 Å². The highest BCUT2D eigenvalue weighted by Crippen LogP contribution is 2.09. The number of benzene rings is 1. The van der Waals surface area contributed by atoms with Crippen LogP contribution in [0, 0.1) is 0 Å². The molecule has 2 aromatic heterocycles. The molecular formula is C18H18N6O3S. The van der Waals surface area contributed by atoms with Crippen molar-refractivity contribution in [2.75, 3.05) is 11.9 Å². The maximum absolute atomic E-state index is 12.0. The Labute approximate surface area is 162 Å². The van der Waals surface area contributed by atoms with Gasteiger partial charge in [-0.15, -0.1) is 0 Å². The fourth-order valence-corrected chi connectivity index (χ4v) is 3.05. The predicted molar refractivity (Wildman–Crippen MR) is 105 cm³/mol. The largest absolute Gasteiger partial charge is 0.325 e. The van der Waals surface area contributed by atoms with Crippen LogP contribution in [0.4, 0.5) is 5.69 Å². The first-order valence-corrected chi connectivity index (χ1v) is 9.90. The summed E-state index contributed by atoms with van der Waals surface area (Å²) < 4.78 is 27.7. The van der Waals surface area contributed by atoms with Crippen LogP contribution in [-0.4, -0.2) is 40.6 Å². The highest BCUT2D eigenvalue weighted by Gasteiger charge is 2.08. The number of nitrogens with zero attached hydrogens (tertiary/aromatic N) is 4. The Morgan fingerprint density at radius 1 is 1.14 bits per heavy atom. The normalized spacial score (nSPS) is 11.6. The zero-order chi connectivity index (χ0) is 19.8. The lowest BCUT2D eigenvalue weighted by Gasteiger charge is -2.06. The lowest BCUT2D eigenvalue weighted by molar-refractivity contribution is -0.116. The number of hydrogen-bond acceptors (Lipinski definition) is 6. The molecule has 1 amide bonds. The summed E-state index contributed by atoms with van der Waals surface area (Å²) in [6.07, 6.45) is 5.88. The topological polar surface area (TPSA) is 119 Å². The molecule has 0 unspecified atom stereocenters. The van der Waals surface area contributed by atoms with Gasteiger partial charge in [0.05, 0.1) is 11.9 Å². The van der Waals surface area contributed by atoms with Crippen molar-refractivity contribution in [1.29, 1.82) is 0 Å².